The maximum atomic E-state index is 6.08. The van der Waals surface area contributed by atoms with Crippen LogP contribution in [0, 0.1) is 6.92 Å². The van der Waals surface area contributed by atoms with E-state index in [-0.39, 0.29) is 12.1 Å². The van der Waals surface area contributed by atoms with E-state index >= 15 is 0 Å². The van der Waals surface area contributed by atoms with Gasteiger partial charge in [0, 0.05) is 43.6 Å². The molecule has 2 aromatic heterocycles. The molecule has 3 rings (SSSR count). The van der Waals surface area contributed by atoms with Gasteiger partial charge < -0.3 is 15.4 Å². The number of hydrogen-bond donors (Lipinski definition) is 2. The van der Waals surface area contributed by atoms with Gasteiger partial charge in [-0.3, -0.25) is 9.67 Å². The summed E-state index contributed by atoms with van der Waals surface area (Å²) in [5.74, 6) is 0.873. The molecule has 1 fully saturated rings. The molecule has 124 valence electrons. The lowest BCUT2D eigenvalue weighted by Gasteiger charge is -2.17. The Balaban J connectivity index is 1.63. The van der Waals surface area contributed by atoms with E-state index in [2.05, 4.69) is 40.6 Å². The van der Waals surface area contributed by atoms with Crippen LogP contribution >= 0.6 is 0 Å². The smallest absolute Gasteiger partial charge is 0.142 e. The minimum Gasteiger partial charge on any atom is -0.487 e. The summed E-state index contributed by atoms with van der Waals surface area (Å²) in [6.45, 7) is 6.85. The number of hydrogen-bond acceptors (Lipinski definition) is 5. The molecule has 0 bridgehead atoms. The molecule has 1 unspecified atom stereocenters. The van der Waals surface area contributed by atoms with Crippen molar-refractivity contribution in [2.45, 2.75) is 39.0 Å². The van der Waals surface area contributed by atoms with E-state index < -0.39 is 0 Å². The Morgan fingerprint density at radius 1 is 1.52 bits per heavy atom. The van der Waals surface area contributed by atoms with Crippen LogP contribution in [-0.4, -0.2) is 34.0 Å². The Bertz CT molecular complexity index is 629. The summed E-state index contributed by atoms with van der Waals surface area (Å²) in [4.78, 5) is 4.20. The lowest BCUT2D eigenvalue weighted by atomic mass is 10.2. The van der Waals surface area contributed by atoms with Crippen molar-refractivity contribution in [3.63, 3.8) is 0 Å². The average Bonchev–Trinajstić information content (AvgIpc) is 3.17. The van der Waals surface area contributed by atoms with Gasteiger partial charge in [0.15, 0.2) is 0 Å². The number of aryl methyl sites for hydroxylation is 2. The summed E-state index contributed by atoms with van der Waals surface area (Å²) < 4.78 is 7.99. The van der Waals surface area contributed by atoms with Gasteiger partial charge in [0.2, 0.25) is 0 Å². The number of nitrogens with one attached hydrogen (secondary N) is 2. The molecule has 2 aromatic rings. The van der Waals surface area contributed by atoms with E-state index in [9.17, 15) is 0 Å². The van der Waals surface area contributed by atoms with Crippen molar-refractivity contribution in [1.82, 2.24) is 25.4 Å². The predicted octanol–water partition coefficient (Wildman–Crippen LogP) is 1.72. The Morgan fingerprint density at radius 2 is 2.39 bits per heavy atom. The first-order chi connectivity index (χ1) is 11.1. The monoisotopic (exact) mass is 315 g/mol. The predicted molar refractivity (Wildman–Crippen MR) is 89.3 cm³/mol. The van der Waals surface area contributed by atoms with Crippen molar-refractivity contribution in [3.05, 3.63) is 41.5 Å². The minimum atomic E-state index is 0.184. The molecule has 1 aliphatic heterocycles. The zero-order valence-electron chi connectivity index (χ0n) is 14.0. The third-order valence-electron chi connectivity index (χ3n) is 4.35. The lowest BCUT2D eigenvalue weighted by molar-refractivity contribution is 0.219. The van der Waals surface area contributed by atoms with Crippen LogP contribution in [-0.2, 0) is 13.6 Å². The Labute approximate surface area is 137 Å². The fourth-order valence-corrected chi connectivity index (χ4v) is 2.74. The highest BCUT2D eigenvalue weighted by atomic mass is 16.5. The van der Waals surface area contributed by atoms with Gasteiger partial charge in [-0.05, 0) is 38.9 Å². The molecule has 2 N–H and O–H groups in total. The molecular formula is C17H25N5O. The van der Waals surface area contributed by atoms with Crippen LogP contribution in [0.2, 0.25) is 0 Å². The number of nitrogens with zero attached hydrogens (tertiary/aromatic N) is 3. The van der Waals surface area contributed by atoms with Crippen molar-refractivity contribution in [2.75, 3.05) is 13.1 Å². The fourth-order valence-electron chi connectivity index (χ4n) is 2.74. The SMILES string of the molecule is Cc1cc(C(C)NCc2ccncc2O[C@H]2CCNC2)nn1C. The van der Waals surface area contributed by atoms with Crippen molar-refractivity contribution in [2.24, 2.45) is 7.05 Å². The van der Waals surface area contributed by atoms with Gasteiger partial charge in [0.25, 0.3) is 0 Å². The highest BCUT2D eigenvalue weighted by Gasteiger charge is 2.18. The molecule has 6 heteroatoms. The van der Waals surface area contributed by atoms with Crippen molar-refractivity contribution in [1.29, 1.82) is 0 Å². The van der Waals surface area contributed by atoms with Gasteiger partial charge in [-0.25, -0.2) is 0 Å². The van der Waals surface area contributed by atoms with Crippen LogP contribution in [0.5, 0.6) is 5.75 Å². The van der Waals surface area contributed by atoms with Crippen LogP contribution in [0.25, 0.3) is 0 Å². The van der Waals surface area contributed by atoms with E-state index in [0.717, 1.165) is 48.8 Å². The maximum absolute atomic E-state index is 6.08. The van der Waals surface area contributed by atoms with E-state index in [1.807, 2.05) is 30.2 Å². The van der Waals surface area contributed by atoms with Gasteiger partial charge in [-0.2, -0.15) is 5.10 Å². The molecule has 0 radical (unpaired) electrons. The first-order valence-electron chi connectivity index (χ1n) is 8.17. The van der Waals surface area contributed by atoms with Crippen LogP contribution < -0.4 is 15.4 Å². The quantitative estimate of drug-likeness (QED) is 0.850. The number of ether oxygens (including phenoxy) is 1. The van der Waals surface area contributed by atoms with E-state index in [4.69, 9.17) is 4.74 Å². The van der Waals surface area contributed by atoms with Crippen molar-refractivity contribution >= 4 is 0 Å². The highest BCUT2D eigenvalue weighted by molar-refractivity contribution is 5.30. The zero-order valence-corrected chi connectivity index (χ0v) is 14.0. The highest BCUT2D eigenvalue weighted by Crippen LogP contribution is 2.21. The van der Waals surface area contributed by atoms with Crippen molar-refractivity contribution < 1.29 is 4.74 Å². The first-order valence-corrected chi connectivity index (χ1v) is 8.17. The molecule has 0 aromatic carbocycles. The van der Waals surface area contributed by atoms with Crippen LogP contribution in [0.4, 0.5) is 0 Å². The lowest BCUT2D eigenvalue weighted by Crippen LogP contribution is -2.22. The van der Waals surface area contributed by atoms with Gasteiger partial charge in [0.05, 0.1) is 11.9 Å². The number of pyridine rings is 1. The normalized spacial score (nSPS) is 19.0. The van der Waals surface area contributed by atoms with Crippen LogP contribution in [0.1, 0.15) is 36.3 Å². The Morgan fingerprint density at radius 3 is 3.09 bits per heavy atom. The zero-order chi connectivity index (χ0) is 16.2. The summed E-state index contributed by atoms with van der Waals surface area (Å²) in [5, 5.41) is 11.4. The molecule has 0 aliphatic carbocycles. The molecule has 0 amide bonds. The molecule has 23 heavy (non-hydrogen) atoms. The van der Waals surface area contributed by atoms with E-state index in [1.54, 1.807) is 0 Å². The van der Waals surface area contributed by atoms with Crippen molar-refractivity contribution in [3.8, 4) is 5.75 Å². The molecule has 1 aliphatic rings. The van der Waals surface area contributed by atoms with Crippen LogP contribution in [0.15, 0.2) is 24.5 Å². The van der Waals surface area contributed by atoms with E-state index in [0.29, 0.717) is 0 Å². The summed E-state index contributed by atoms with van der Waals surface area (Å²) in [6.07, 6.45) is 4.91. The minimum absolute atomic E-state index is 0.184. The molecule has 6 nitrogen and oxygen atoms in total. The van der Waals surface area contributed by atoms with Gasteiger partial charge >= 0.3 is 0 Å². The first kappa shape index (κ1) is 16.0. The fraction of sp³-hybridized carbons (Fsp3) is 0.529. The molecule has 1 saturated heterocycles. The summed E-state index contributed by atoms with van der Waals surface area (Å²) in [7, 11) is 1.97. The third-order valence-corrected chi connectivity index (χ3v) is 4.35. The molecule has 0 saturated carbocycles. The second kappa shape index (κ2) is 7.10. The molecular weight excluding hydrogens is 290 g/mol. The van der Waals surface area contributed by atoms with E-state index in [1.165, 1.54) is 0 Å². The summed E-state index contributed by atoms with van der Waals surface area (Å²) in [6, 6.07) is 4.32. The second-order valence-corrected chi connectivity index (χ2v) is 6.15. The largest absolute Gasteiger partial charge is 0.487 e. The van der Waals surface area contributed by atoms with Crippen LogP contribution in [0.3, 0.4) is 0 Å². The van der Waals surface area contributed by atoms with Gasteiger partial charge in [-0.15, -0.1) is 0 Å². The standard InChI is InChI=1S/C17H25N5O/c1-12-8-16(21-22(12)3)13(2)20-9-14-4-6-19-11-17(14)23-15-5-7-18-10-15/h4,6,8,11,13,15,18,20H,5,7,9-10H2,1-3H3/t13?,15-/m0/s1. The second-order valence-electron chi connectivity index (χ2n) is 6.15. The Kier molecular flexibility index (Phi) is 4.93. The average molecular weight is 315 g/mol. The van der Waals surface area contributed by atoms with Gasteiger partial charge in [0.1, 0.15) is 11.9 Å². The Hall–Kier alpha value is -1.92. The number of aromatic nitrogens is 3. The molecule has 0 spiro atoms. The topological polar surface area (TPSA) is 64.0 Å². The molecule has 3 heterocycles. The summed E-state index contributed by atoms with van der Waals surface area (Å²) in [5.41, 5.74) is 3.35. The number of rotatable bonds is 6. The van der Waals surface area contributed by atoms with Gasteiger partial charge in [-0.1, -0.05) is 0 Å². The third kappa shape index (κ3) is 3.89. The maximum Gasteiger partial charge on any atom is 0.142 e. The molecule has 2 atom stereocenters. The summed E-state index contributed by atoms with van der Waals surface area (Å²) >= 11 is 0.